The zero-order valence-corrected chi connectivity index (χ0v) is 11.5. The molecule has 0 aliphatic heterocycles. The molecule has 100 valence electrons. The normalized spacial score (nSPS) is 13.2. The third-order valence-corrected chi connectivity index (χ3v) is 3.96. The molecule has 1 atom stereocenters. The van der Waals surface area contributed by atoms with Crippen molar-refractivity contribution in [2.45, 2.75) is 12.8 Å². The lowest BCUT2D eigenvalue weighted by Gasteiger charge is -2.12. The second-order valence-corrected chi connectivity index (χ2v) is 6.92. The molecule has 1 rings (SSSR count). The molecule has 0 saturated carbocycles. The van der Waals surface area contributed by atoms with Gasteiger partial charge in [-0.3, -0.25) is 4.79 Å². The highest BCUT2D eigenvalue weighted by atomic mass is 35.5. The molecule has 0 fully saturated rings. The van der Waals surface area contributed by atoms with Crippen LogP contribution in [0, 0.1) is 5.92 Å². The maximum absolute atomic E-state index is 11.1. The smallest absolute Gasteiger partial charge is 0.306 e. The fraction of sp³-hybridized carbons (Fsp3) is 0.417. The van der Waals surface area contributed by atoms with Crippen molar-refractivity contribution in [1.29, 1.82) is 0 Å². The van der Waals surface area contributed by atoms with Crippen molar-refractivity contribution in [1.82, 2.24) is 0 Å². The van der Waals surface area contributed by atoms with Gasteiger partial charge in [0, 0.05) is 11.3 Å². The van der Waals surface area contributed by atoms with Gasteiger partial charge in [-0.15, -0.1) is 0 Å². The fourth-order valence-corrected chi connectivity index (χ4v) is 2.52. The Morgan fingerprint density at radius 1 is 1.39 bits per heavy atom. The van der Waals surface area contributed by atoms with E-state index < -0.39 is 21.7 Å². The van der Waals surface area contributed by atoms with Crippen molar-refractivity contribution in [2.24, 2.45) is 5.92 Å². The van der Waals surface area contributed by atoms with Gasteiger partial charge in [0.15, 0.2) is 0 Å². The summed E-state index contributed by atoms with van der Waals surface area (Å²) in [5.74, 6) is -1.87. The van der Waals surface area contributed by atoms with Crippen molar-refractivity contribution in [2.75, 3.05) is 12.0 Å². The molecule has 0 spiro atoms. The highest BCUT2D eigenvalue weighted by molar-refractivity contribution is 7.90. The monoisotopic (exact) mass is 290 g/mol. The largest absolute Gasteiger partial charge is 0.481 e. The minimum Gasteiger partial charge on any atom is -0.481 e. The summed E-state index contributed by atoms with van der Waals surface area (Å²) in [7, 11) is -3.15. The predicted octanol–water partition coefficient (Wildman–Crippen LogP) is 2.02. The first-order chi connectivity index (χ1) is 8.29. The molecule has 0 aromatic heterocycles. The van der Waals surface area contributed by atoms with E-state index in [0.29, 0.717) is 5.02 Å². The summed E-state index contributed by atoms with van der Waals surface area (Å²) in [4.78, 5) is 11.1. The van der Waals surface area contributed by atoms with Crippen molar-refractivity contribution in [3.63, 3.8) is 0 Å². The number of carboxylic acids is 1. The lowest BCUT2D eigenvalue weighted by atomic mass is 9.97. The Morgan fingerprint density at radius 3 is 2.50 bits per heavy atom. The number of hydrogen-bond acceptors (Lipinski definition) is 3. The van der Waals surface area contributed by atoms with Gasteiger partial charge < -0.3 is 5.11 Å². The van der Waals surface area contributed by atoms with Crippen LogP contribution in [0.3, 0.4) is 0 Å². The second kappa shape index (κ2) is 6.20. The van der Waals surface area contributed by atoms with E-state index in [4.69, 9.17) is 16.7 Å². The van der Waals surface area contributed by atoms with E-state index in [9.17, 15) is 13.2 Å². The first kappa shape index (κ1) is 15.0. The van der Waals surface area contributed by atoms with Crippen LogP contribution in [0.15, 0.2) is 24.3 Å². The Kier molecular flexibility index (Phi) is 5.16. The Balaban J connectivity index is 2.76. The molecule has 0 radical (unpaired) electrons. The van der Waals surface area contributed by atoms with Gasteiger partial charge in [-0.2, -0.15) is 0 Å². The topological polar surface area (TPSA) is 71.4 Å². The van der Waals surface area contributed by atoms with E-state index in [-0.39, 0.29) is 18.6 Å². The molecule has 1 aromatic carbocycles. The molecule has 6 heteroatoms. The molecule has 0 aliphatic carbocycles. The summed E-state index contributed by atoms with van der Waals surface area (Å²) in [6, 6.07) is 6.97. The maximum Gasteiger partial charge on any atom is 0.306 e. The number of benzene rings is 1. The summed E-state index contributed by atoms with van der Waals surface area (Å²) in [6.07, 6.45) is 1.44. The third-order valence-electron chi connectivity index (χ3n) is 2.61. The Hall–Kier alpha value is -1.07. The zero-order chi connectivity index (χ0) is 13.8. The van der Waals surface area contributed by atoms with Crippen LogP contribution in [-0.4, -0.2) is 31.5 Å². The molecule has 0 bridgehead atoms. The summed E-state index contributed by atoms with van der Waals surface area (Å²) in [6.45, 7) is 0. The SMILES string of the molecule is CS(=O)(=O)CCC(Cc1ccccc1Cl)C(=O)O. The number of rotatable bonds is 6. The van der Waals surface area contributed by atoms with Gasteiger partial charge in [0.1, 0.15) is 9.84 Å². The number of aliphatic carboxylic acids is 1. The van der Waals surface area contributed by atoms with E-state index >= 15 is 0 Å². The third kappa shape index (κ3) is 5.06. The van der Waals surface area contributed by atoms with Crippen molar-refractivity contribution >= 4 is 27.4 Å². The van der Waals surface area contributed by atoms with E-state index in [0.717, 1.165) is 11.8 Å². The number of halogens is 1. The van der Waals surface area contributed by atoms with Gasteiger partial charge >= 0.3 is 5.97 Å². The van der Waals surface area contributed by atoms with Gasteiger partial charge in [-0.1, -0.05) is 29.8 Å². The zero-order valence-electron chi connectivity index (χ0n) is 9.97. The van der Waals surface area contributed by atoms with E-state index in [1.807, 2.05) is 0 Å². The predicted molar refractivity (Wildman–Crippen MR) is 70.6 cm³/mol. The van der Waals surface area contributed by atoms with E-state index in [2.05, 4.69) is 0 Å². The highest BCUT2D eigenvalue weighted by Gasteiger charge is 2.20. The number of hydrogen-bond donors (Lipinski definition) is 1. The van der Waals surface area contributed by atoms with E-state index in [1.165, 1.54) is 0 Å². The summed E-state index contributed by atoms with van der Waals surface area (Å²) < 4.78 is 22.1. The average molecular weight is 291 g/mol. The van der Waals surface area contributed by atoms with Gasteiger partial charge in [-0.25, -0.2) is 8.42 Å². The molecule has 18 heavy (non-hydrogen) atoms. The Labute approximate surface area is 112 Å². The summed E-state index contributed by atoms with van der Waals surface area (Å²) in [5, 5.41) is 9.59. The lowest BCUT2D eigenvalue weighted by molar-refractivity contribution is -0.141. The minimum atomic E-state index is -3.15. The summed E-state index contributed by atoms with van der Waals surface area (Å²) >= 11 is 5.95. The Bertz CT molecular complexity index is 525. The van der Waals surface area contributed by atoms with Gasteiger partial charge in [0.25, 0.3) is 0 Å². The molecular weight excluding hydrogens is 276 g/mol. The van der Waals surface area contributed by atoms with Crippen molar-refractivity contribution in [3.8, 4) is 0 Å². The minimum absolute atomic E-state index is 0.0966. The lowest BCUT2D eigenvalue weighted by Crippen LogP contribution is -2.20. The fourth-order valence-electron chi connectivity index (χ4n) is 1.60. The molecule has 1 N–H and O–H groups in total. The molecule has 1 unspecified atom stereocenters. The van der Waals surface area contributed by atoms with Crippen molar-refractivity contribution < 1.29 is 18.3 Å². The first-order valence-corrected chi connectivity index (χ1v) is 7.87. The van der Waals surface area contributed by atoms with Crippen LogP contribution >= 0.6 is 11.6 Å². The van der Waals surface area contributed by atoms with Gasteiger partial charge in [-0.05, 0) is 24.5 Å². The van der Waals surface area contributed by atoms with Crippen LogP contribution in [0.4, 0.5) is 0 Å². The van der Waals surface area contributed by atoms with Crippen LogP contribution < -0.4 is 0 Å². The average Bonchev–Trinajstić information content (AvgIpc) is 2.24. The highest BCUT2D eigenvalue weighted by Crippen LogP contribution is 2.21. The van der Waals surface area contributed by atoms with Crippen LogP contribution in [0.5, 0.6) is 0 Å². The van der Waals surface area contributed by atoms with Crippen LogP contribution in [0.1, 0.15) is 12.0 Å². The van der Waals surface area contributed by atoms with E-state index in [1.54, 1.807) is 24.3 Å². The van der Waals surface area contributed by atoms with Crippen LogP contribution in [0.2, 0.25) is 5.02 Å². The Morgan fingerprint density at radius 2 is 2.00 bits per heavy atom. The van der Waals surface area contributed by atoms with Gasteiger partial charge in [0.2, 0.25) is 0 Å². The first-order valence-electron chi connectivity index (χ1n) is 5.43. The van der Waals surface area contributed by atoms with Crippen LogP contribution in [-0.2, 0) is 21.1 Å². The maximum atomic E-state index is 11.1. The summed E-state index contributed by atoms with van der Waals surface area (Å²) in [5.41, 5.74) is 0.722. The molecular formula is C12H15ClO4S. The number of carbonyl (C=O) groups is 1. The van der Waals surface area contributed by atoms with Crippen LogP contribution in [0.25, 0.3) is 0 Å². The van der Waals surface area contributed by atoms with Gasteiger partial charge in [0.05, 0.1) is 11.7 Å². The molecule has 1 aromatic rings. The number of sulfone groups is 1. The molecule has 0 heterocycles. The van der Waals surface area contributed by atoms with Crippen molar-refractivity contribution in [3.05, 3.63) is 34.9 Å². The quantitative estimate of drug-likeness (QED) is 0.870. The molecule has 0 aliphatic rings. The molecule has 0 saturated heterocycles. The number of carboxylic acid groups (broad SMARTS) is 1. The molecule has 4 nitrogen and oxygen atoms in total. The second-order valence-electron chi connectivity index (χ2n) is 4.25. The molecule has 0 amide bonds. The standard InChI is InChI=1S/C12H15ClO4S/c1-18(16,17)7-6-10(12(14)15)8-9-4-2-3-5-11(9)13/h2-5,10H,6-8H2,1H3,(H,14,15).